The van der Waals surface area contributed by atoms with E-state index in [1.54, 1.807) is 11.8 Å². The summed E-state index contributed by atoms with van der Waals surface area (Å²) in [6, 6.07) is 17.1. The molecule has 0 spiro atoms. The Morgan fingerprint density at radius 2 is 1.57 bits per heavy atom. The van der Waals surface area contributed by atoms with Crippen molar-refractivity contribution in [3.63, 3.8) is 0 Å². The molecule has 1 aliphatic heterocycles. The zero-order chi connectivity index (χ0) is 24.0. The second-order valence-electron chi connectivity index (χ2n) is 9.77. The molecule has 2 aromatic rings. The summed E-state index contributed by atoms with van der Waals surface area (Å²) in [7, 11) is 0. The Labute approximate surface area is 226 Å². The molecule has 1 amide bonds. The first-order valence-electron chi connectivity index (χ1n) is 12.9. The monoisotopic (exact) mass is 600 g/mol. The van der Waals surface area contributed by atoms with Crippen molar-refractivity contribution in [1.82, 2.24) is 4.90 Å². The van der Waals surface area contributed by atoms with Gasteiger partial charge in [-0.05, 0) is 102 Å². The third-order valence-corrected chi connectivity index (χ3v) is 8.86. The molecule has 3 fully saturated rings. The molecular formula is C29H33IN2O2S. The highest BCUT2D eigenvalue weighted by atomic mass is 127. The quantitative estimate of drug-likeness (QED) is 0.251. The maximum atomic E-state index is 13.5. The number of ether oxygens (including phenoxy) is 1. The highest BCUT2D eigenvalue weighted by Gasteiger charge is 2.39. The van der Waals surface area contributed by atoms with Gasteiger partial charge in [0.25, 0.3) is 5.91 Å². The fraction of sp³-hybridized carbons (Fsp3) is 0.448. The Kier molecular flexibility index (Phi) is 8.50. The number of nitrogens with zero attached hydrogens (tertiary/aromatic N) is 2. The van der Waals surface area contributed by atoms with E-state index < -0.39 is 0 Å². The van der Waals surface area contributed by atoms with Gasteiger partial charge in [-0.1, -0.05) is 62.8 Å². The number of carbonyl (C=O) groups is 1. The van der Waals surface area contributed by atoms with E-state index in [0.717, 1.165) is 52.6 Å². The van der Waals surface area contributed by atoms with Crippen LogP contribution in [0.5, 0.6) is 5.75 Å². The van der Waals surface area contributed by atoms with E-state index in [4.69, 9.17) is 9.73 Å². The number of benzene rings is 2. The number of amides is 1. The minimum atomic E-state index is 0.135. The molecule has 1 saturated heterocycles. The summed E-state index contributed by atoms with van der Waals surface area (Å²) in [5.41, 5.74) is 2.17. The molecule has 0 radical (unpaired) electrons. The zero-order valence-corrected chi connectivity index (χ0v) is 23.1. The number of hydrogen-bond donors (Lipinski definition) is 0. The van der Waals surface area contributed by atoms with Crippen LogP contribution in [-0.4, -0.2) is 28.1 Å². The number of carbonyl (C=O) groups excluding carboxylic acids is 1. The Hall–Kier alpha value is -1.80. The van der Waals surface area contributed by atoms with E-state index in [1.165, 1.54) is 42.1 Å². The third-order valence-electron chi connectivity index (χ3n) is 7.14. The van der Waals surface area contributed by atoms with E-state index in [0.29, 0.717) is 18.7 Å². The Bertz CT molecular complexity index is 1070. The molecule has 1 heterocycles. The van der Waals surface area contributed by atoms with Gasteiger partial charge < -0.3 is 4.74 Å². The second-order valence-corrected chi connectivity index (χ2v) is 12.0. The van der Waals surface area contributed by atoms with E-state index in [-0.39, 0.29) is 5.91 Å². The molecule has 2 saturated carbocycles. The molecule has 0 atom stereocenters. The van der Waals surface area contributed by atoms with Crippen molar-refractivity contribution >= 4 is 51.5 Å². The molecule has 0 unspecified atom stereocenters. The average Bonchev–Trinajstić information content (AvgIpc) is 3.19. The van der Waals surface area contributed by atoms with Crippen molar-refractivity contribution in [2.24, 2.45) is 4.99 Å². The summed E-state index contributed by atoms with van der Waals surface area (Å²) in [4.78, 5) is 21.5. The van der Waals surface area contributed by atoms with E-state index in [1.807, 2.05) is 35.2 Å². The van der Waals surface area contributed by atoms with Gasteiger partial charge in [-0.3, -0.25) is 14.7 Å². The molecule has 5 rings (SSSR count). The van der Waals surface area contributed by atoms with Crippen molar-refractivity contribution in [3.8, 4) is 5.75 Å². The summed E-state index contributed by atoms with van der Waals surface area (Å²) in [6.45, 7) is 0.545. The predicted molar refractivity (Wildman–Crippen MR) is 154 cm³/mol. The van der Waals surface area contributed by atoms with E-state index >= 15 is 0 Å². The second kappa shape index (κ2) is 12.0. The Balaban J connectivity index is 1.30. The van der Waals surface area contributed by atoms with Gasteiger partial charge in [0.1, 0.15) is 12.4 Å². The van der Waals surface area contributed by atoms with Crippen molar-refractivity contribution < 1.29 is 9.53 Å². The Morgan fingerprint density at radius 1 is 0.914 bits per heavy atom. The number of amidine groups is 1. The maximum absolute atomic E-state index is 13.5. The van der Waals surface area contributed by atoms with E-state index in [9.17, 15) is 4.79 Å². The lowest BCUT2D eigenvalue weighted by Crippen LogP contribution is -2.41. The topological polar surface area (TPSA) is 41.9 Å². The van der Waals surface area contributed by atoms with Crippen LogP contribution in [0.3, 0.4) is 0 Å². The third kappa shape index (κ3) is 6.50. The fourth-order valence-corrected chi connectivity index (χ4v) is 6.63. The molecule has 0 N–H and O–H groups in total. The van der Waals surface area contributed by atoms with Crippen LogP contribution in [0.1, 0.15) is 75.3 Å². The molecule has 3 aliphatic rings. The minimum Gasteiger partial charge on any atom is -0.489 e. The summed E-state index contributed by atoms with van der Waals surface area (Å²) in [5.74, 6) is 0.968. The number of hydrogen-bond acceptors (Lipinski definition) is 4. The first-order chi connectivity index (χ1) is 17.2. The van der Waals surface area contributed by atoms with Crippen molar-refractivity contribution in [1.29, 1.82) is 0 Å². The fourth-order valence-electron chi connectivity index (χ4n) is 5.16. The van der Waals surface area contributed by atoms with Crippen LogP contribution in [0.2, 0.25) is 0 Å². The van der Waals surface area contributed by atoms with Crippen LogP contribution in [-0.2, 0) is 11.4 Å². The standard InChI is InChI=1S/C29H33IN2O2S/c30-23-15-11-22(12-16-23)20-34-26-17-13-21(14-18-26)19-27-28(33)32(25-9-5-2-6-10-25)29(35-27)31-24-7-3-1-4-8-24/h11-19,24-25H,1-10,20H2/b27-19-,31-29?. The molecule has 184 valence electrons. The van der Waals surface area contributed by atoms with Crippen LogP contribution in [0, 0.1) is 3.57 Å². The Morgan fingerprint density at radius 3 is 2.26 bits per heavy atom. The highest BCUT2D eigenvalue weighted by Crippen LogP contribution is 2.38. The van der Waals surface area contributed by atoms with Gasteiger partial charge in [0, 0.05) is 9.61 Å². The summed E-state index contributed by atoms with van der Waals surface area (Å²) in [6.07, 6.45) is 14.0. The van der Waals surface area contributed by atoms with Crippen LogP contribution in [0.25, 0.3) is 6.08 Å². The number of rotatable bonds is 6. The van der Waals surface area contributed by atoms with Gasteiger partial charge in [-0.2, -0.15) is 0 Å². The summed E-state index contributed by atoms with van der Waals surface area (Å²) in [5, 5.41) is 0.942. The SMILES string of the molecule is O=C1/C(=C/c2ccc(OCc3ccc(I)cc3)cc2)SC(=NC2CCCCC2)N1C1CCCCC1. The predicted octanol–water partition coefficient (Wildman–Crippen LogP) is 7.81. The highest BCUT2D eigenvalue weighted by molar-refractivity contribution is 14.1. The average molecular weight is 601 g/mol. The van der Waals surface area contributed by atoms with Crippen molar-refractivity contribution in [2.75, 3.05) is 0 Å². The van der Waals surface area contributed by atoms with Crippen LogP contribution >= 0.6 is 34.4 Å². The maximum Gasteiger partial charge on any atom is 0.266 e. The van der Waals surface area contributed by atoms with Crippen LogP contribution in [0.4, 0.5) is 0 Å². The largest absolute Gasteiger partial charge is 0.489 e. The summed E-state index contributed by atoms with van der Waals surface area (Å²) >= 11 is 3.89. The minimum absolute atomic E-state index is 0.135. The van der Waals surface area contributed by atoms with Gasteiger partial charge in [-0.25, -0.2) is 0 Å². The molecule has 6 heteroatoms. The van der Waals surface area contributed by atoms with Crippen LogP contribution < -0.4 is 4.74 Å². The zero-order valence-electron chi connectivity index (χ0n) is 20.1. The van der Waals surface area contributed by atoms with Crippen molar-refractivity contribution in [3.05, 3.63) is 68.1 Å². The lowest BCUT2D eigenvalue weighted by Gasteiger charge is -2.31. The molecule has 35 heavy (non-hydrogen) atoms. The number of halogens is 1. The molecule has 2 aromatic carbocycles. The lowest BCUT2D eigenvalue weighted by molar-refractivity contribution is -0.124. The van der Waals surface area contributed by atoms with Gasteiger partial charge in [-0.15, -0.1) is 0 Å². The van der Waals surface area contributed by atoms with Gasteiger partial charge >= 0.3 is 0 Å². The number of aliphatic imine (C=N–C) groups is 1. The summed E-state index contributed by atoms with van der Waals surface area (Å²) < 4.78 is 7.17. The van der Waals surface area contributed by atoms with Gasteiger partial charge in [0.05, 0.1) is 10.9 Å². The molecule has 4 nitrogen and oxygen atoms in total. The molecule has 2 aliphatic carbocycles. The molecule has 0 bridgehead atoms. The normalized spacial score (nSPS) is 22.3. The molecule has 0 aromatic heterocycles. The van der Waals surface area contributed by atoms with E-state index in [2.05, 4.69) is 46.9 Å². The number of thioether (sulfide) groups is 1. The first-order valence-corrected chi connectivity index (χ1v) is 14.8. The first kappa shape index (κ1) is 24.9. The molecular weight excluding hydrogens is 567 g/mol. The van der Waals surface area contributed by atoms with Crippen molar-refractivity contribution in [2.45, 2.75) is 82.9 Å². The van der Waals surface area contributed by atoms with Gasteiger partial charge in [0.15, 0.2) is 5.17 Å². The van der Waals surface area contributed by atoms with Gasteiger partial charge in [0.2, 0.25) is 0 Å². The smallest absolute Gasteiger partial charge is 0.266 e. The van der Waals surface area contributed by atoms with Crippen LogP contribution in [0.15, 0.2) is 58.4 Å². The lowest BCUT2D eigenvalue weighted by atomic mass is 9.94.